The van der Waals surface area contributed by atoms with Crippen molar-refractivity contribution in [3.05, 3.63) is 42.2 Å². The Morgan fingerprint density at radius 1 is 1.22 bits per heavy atom. The lowest BCUT2D eigenvalue weighted by Crippen LogP contribution is -2.08. The molecule has 0 fully saturated rings. The molecule has 2 rings (SSSR count). The van der Waals surface area contributed by atoms with Crippen LogP contribution in [0.3, 0.4) is 0 Å². The zero-order chi connectivity index (χ0) is 13.0. The molecule has 0 spiro atoms. The van der Waals surface area contributed by atoms with E-state index < -0.39 is 6.10 Å². The summed E-state index contributed by atoms with van der Waals surface area (Å²) in [5.41, 5.74) is 0.899. The maximum absolute atomic E-state index is 10.3. The van der Waals surface area contributed by atoms with Crippen LogP contribution in [0.1, 0.15) is 31.4 Å². The zero-order valence-corrected chi connectivity index (χ0v) is 10.8. The van der Waals surface area contributed by atoms with E-state index in [1.54, 1.807) is 13.3 Å². The highest BCUT2D eigenvalue weighted by atomic mass is 16.5. The Morgan fingerprint density at radius 2 is 2.00 bits per heavy atom. The SMILES string of the molecule is COC(C)CCC(O)c1cncc2ccccc12. The molecular formula is C15H19NO2. The lowest BCUT2D eigenvalue weighted by atomic mass is 9.99. The van der Waals surface area contributed by atoms with Crippen molar-refractivity contribution in [1.82, 2.24) is 4.98 Å². The Labute approximate surface area is 107 Å². The molecule has 0 saturated heterocycles. The fraction of sp³-hybridized carbons (Fsp3) is 0.400. The predicted molar refractivity (Wildman–Crippen MR) is 72.4 cm³/mol. The first-order chi connectivity index (χ1) is 8.72. The first kappa shape index (κ1) is 13.0. The molecule has 0 radical (unpaired) electrons. The number of fused-ring (bicyclic) bond motifs is 1. The van der Waals surface area contributed by atoms with Crippen LogP contribution in [-0.4, -0.2) is 23.3 Å². The molecule has 2 atom stereocenters. The van der Waals surface area contributed by atoms with Gasteiger partial charge in [-0.05, 0) is 25.2 Å². The van der Waals surface area contributed by atoms with Gasteiger partial charge in [-0.1, -0.05) is 24.3 Å². The molecule has 1 aromatic heterocycles. The maximum Gasteiger partial charge on any atom is 0.0812 e. The van der Waals surface area contributed by atoms with E-state index in [-0.39, 0.29) is 6.10 Å². The summed E-state index contributed by atoms with van der Waals surface area (Å²) in [6.07, 6.45) is 4.78. The topological polar surface area (TPSA) is 42.4 Å². The van der Waals surface area contributed by atoms with E-state index in [1.807, 2.05) is 37.4 Å². The number of ether oxygens (including phenoxy) is 1. The van der Waals surface area contributed by atoms with Gasteiger partial charge in [0.05, 0.1) is 12.2 Å². The Balaban J connectivity index is 2.19. The number of nitrogens with zero attached hydrogens (tertiary/aromatic N) is 1. The number of rotatable bonds is 5. The molecule has 0 saturated carbocycles. The zero-order valence-electron chi connectivity index (χ0n) is 10.8. The minimum absolute atomic E-state index is 0.169. The molecule has 3 heteroatoms. The van der Waals surface area contributed by atoms with Gasteiger partial charge in [-0.2, -0.15) is 0 Å². The van der Waals surface area contributed by atoms with Crippen molar-refractivity contribution in [3.63, 3.8) is 0 Å². The molecule has 2 aromatic rings. The van der Waals surface area contributed by atoms with Crippen LogP contribution in [0.15, 0.2) is 36.7 Å². The largest absolute Gasteiger partial charge is 0.388 e. The average molecular weight is 245 g/mol. The van der Waals surface area contributed by atoms with Crippen molar-refractivity contribution in [3.8, 4) is 0 Å². The third kappa shape index (κ3) is 2.86. The summed E-state index contributed by atoms with van der Waals surface area (Å²) in [4.78, 5) is 4.19. The van der Waals surface area contributed by atoms with Gasteiger partial charge in [0.1, 0.15) is 0 Å². The van der Waals surface area contributed by atoms with Gasteiger partial charge in [0.25, 0.3) is 0 Å². The Kier molecular flexibility index (Phi) is 4.28. The molecule has 0 aliphatic heterocycles. The van der Waals surface area contributed by atoms with Crippen LogP contribution in [0, 0.1) is 0 Å². The van der Waals surface area contributed by atoms with Gasteiger partial charge in [-0.15, -0.1) is 0 Å². The van der Waals surface area contributed by atoms with Crippen molar-refractivity contribution in [2.45, 2.75) is 32.0 Å². The van der Waals surface area contributed by atoms with Crippen molar-refractivity contribution in [2.75, 3.05) is 7.11 Å². The molecule has 1 aromatic carbocycles. The highest BCUT2D eigenvalue weighted by molar-refractivity contribution is 5.84. The van der Waals surface area contributed by atoms with Gasteiger partial charge >= 0.3 is 0 Å². The second kappa shape index (κ2) is 5.94. The van der Waals surface area contributed by atoms with Crippen molar-refractivity contribution >= 4 is 10.8 Å². The van der Waals surface area contributed by atoms with Crippen LogP contribution in [-0.2, 0) is 4.74 Å². The number of aromatic nitrogens is 1. The van der Waals surface area contributed by atoms with Gasteiger partial charge < -0.3 is 9.84 Å². The highest BCUT2D eigenvalue weighted by Crippen LogP contribution is 2.26. The molecule has 3 nitrogen and oxygen atoms in total. The number of methoxy groups -OCH3 is 1. The van der Waals surface area contributed by atoms with Crippen LogP contribution in [0.2, 0.25) is 0 Å². The van der Waals surface area contributed by atoms with Gasteiger partial charge in [0.15, 0.2) is 0 Å². The summed E-state index contributed by atoms with van der Waals surface area (Å²) >= 11 is 0. The number of hydrogen-bond acceptors (Lipinski definition) is 3. The number of benzene rings is 1. The van der Waals surface area contributed by atoms with Crippen molar-refractivity contribution in [1.29, 1.82) is 0 Å². The molecule has 18 heavy (non-hydrogen) atoms. The van der Waals surface area contributed by atoms with E-state index in [4.69, 9.17) is 4.74 Å². The van der Waals surface area contributed by atoms with Crippen molar-refractivity contribution in [2.24, 2.45) is 0 Å². The van der Waals surface area contributed by atoms with Gasteiger partial charge in [0.2, 0.25) is 0 Å². The monoisotopic (exact) mass is 245 g/mol. The Morgan fingerprint density at radius 3 is 2.78 bits per heavy atom. The first-order valence-electron chi connectivity index (χ1n) is 6.26. The predicted octanol–water partition coefficient (Wildman–Crippen LogP) is 3.08. The maximum atomic E-state index is 10.3. The third-order valence-electron chi connectivity index (χ3n) is 3.31. The summed E-state index contributed by atoms with van der Waals surface area (Å²) in [5.74, 6) is 0. The van der Waals surface area contributed by atoms with Crippen LogP contribution in [0.4, 0.5) is 0 Å². The van der Waals surface area contributed by atoms with E-state index in [0.717, 1.165) is 22.8 Å². The Bertz CT molecular complexity index is 507. The number of aliphatic hydroxyl groups excluding tert-OH is 1. The van der Waals surface area contributed by atoms with Crippen molar-refractivity contribution < 1.29 is 9.84 Å². The molecule has 0 amide bonds. The van der Waals surface area contributed by atoms with E-state index in [2.05, 4.69) is 4.98 Å². The number of aliphatic hydroxyl groups is 1. The van der Waals surface area contributed by atoms with Crippen LogP contribution < -0.4 is 0 Å². The molecule has 1 N–H and O–H groups in total. The summed E-state index contributed by atoms with van der Waals surface area (Å²) in [5, 5.41) is 12.4. The van der Waals surface area contributed by atoms with Crippen LogP contribution in [0.25, 0.3) is 10.8 Å². The highest BCUT2D eigenvalue weighted by Gasteiger charge is 2.13. The van der Waals surface area contributed by atoms with Gasteiger partial charge in [0, 0.05) is 30.5 Å². The minimum atomic E-state index is -0.485. The van der Waals surface area contributed by atoms with E-state index in [1.165, 1.54) is 0 Å². The summed E-state index contributed by atoms with van der Waals surface area (Å²) < 4.78 is 5.20. The van der Waals surface area contributed by atoms with E-state index in [0.29, 0.717) is 6.42 Å². The number of hydrogen-bond donors (Lipinski definition) is 1. The lowest BCUT2D eigenvalue weighted by molar-refractivity contribution is 0.0854. The molecule has 0 aliphatic carbocycles. The van der Waals surface area contributed by atoms with Gasteiger partial charge in [-0.25, -0.2) is 0 Å². The summed E-state index contributed by atoms with van der Waals surface area (Å²) in [6.45, 7) is 2.01. The Hall–Kier alpha value is -1.45. The summed E-state index contributed by atoms with van der Waals surface area (Å²) in [6, 6.07) is 8.00. The number of pyridine rings is 1. The second-order valence-corrected chi connectivity index (χ2v) is 4.59. The smallest absolute Gasteiger partial charge is 0.0812 e. The van der Waals surface area contributed by atoms with E-state index >= 15 is 0 Å². The minimum Gasteiger partial charge on any atom is -0.388 e. The quantitative estimate of drug-likeness (QED) is 0.880. The fourth-order valence-electron chi connectivity index (χ4n) is 2.07. The molecule has 0 bridgehead atoms. The average Bonchev–Trinajstić information content (AvgIpc) is 2.43. The molecule has 1 heterocycles. The molecular weight excluding hydrogens is 226 g/mol. The fourth-order valence-corrected chi connectivity index (χ4v) is 2.07. The molecule has 96 valence electrons. The van der Waals surface area contributed by atoms with Gasteiger partial charge in [-0.3, -0.25) is 4.98 Å². The summed E-state index contributed by atoms with van der Waals surface area (Å²) in [7, 11) is 1.69. The first-order valence-corrected chi connectivity index (χ1v) is 6.26. The molecule has 0 aliphatic rings. The van der Waals surface area contributed by atoms with Crippen LogP contribution in [0.5, 0.6) is 0 Å². The lowest BCUT2D eigenvalue weighted by Gasteiger charge is -2.15. The molecule has 2 unspecified atom stereocenters. The second-order valence-electron chi connectivity index (χ2n) is 4.59. The normalized spacial score (nSPS) is 14.6. The van der Waals surface area contributed by atoms with E-state index in [9.17, 15) is 5.11 Å². The third-order valence-corrected chi connectivity index (χ3v) is 3.31. The van der Waals surface area contributed by atoms with Crippen LogP contribution >= 0.6 is 0 Å². The standard InChI is InChI=1S/C15H19NO2/c1-11(18-2)7-8-15(17)14-10-16-9-12-5-3-4-6-13(12)14/h3-6,9-11,15,17H,7-8H2,1-2H3.